The molecule has 0 bridgehead atoms. The number of carbonyl (C=O) groups excluding carboxylic acids is 1. The van der Waals surface area contributed by atoms with Crippen LogP contribution in [0.5, 0.6) is 5.75 Å². The maximum Gasteiger partial charge on any atom is 0.317 e. The Bertz CT molecular complexity index is 558. The van der Waals surface area contributed by atoms with Crippen LogP contribution < -0.4 is 10.1 Å². The number of aliphatic hydroxyl groups is 1. The predicted molar refractivity (Wildman–Crippen MR) is 97.6 cm³/mol. The molecule has 1 aromatic rings. The molecule has 2 aliphatic rings. The van der Waals surface area contributed by atoms with Crippen molar-refractivity contribution in [2.75, 3.05) is 19.7 Å². The fourth-order valence-corrected chi connectivity index (χ4v) is 3.79. The molecule has 0 spiro atoms. The summed E-state index contributed by atoms with van der Waals surface area (Å²) in [5.74, 6) is 1.11. The van der Waals surface area contributed by atoms with Crippen LogP contribution in [0.1, 0.15) is 50.5 Å². The standard InChI is InChI=1S/C20H30N2O3/c23-15-17-7-5-11-22(14-17)20(24)21-13-16-6-4-10-19(12-16)25-18-8-2-1-3-9-18/h4,6,10,12,17-18,23H,1-3,5,7-9,11,13-15H2,(H,21,24). The van der Waals surface area contributed by atoms with Gasteiger partial charge in [-0.05, 0) is 62.1 Å². The first-order valence-corrected chi connectivity index (χ1v) is 9.64. The van der Waals surface area contributed by atoms with Crippen LogP contribution in [0, 0.1) is 5.92 Å². The fraction of sp³-hybridized carbons (Fsp3) is 0.650. The number of nitrogens with zero attached hydrogens (tertiary/aromatic N) is 1. The average molecular weight is 346 g/mol. The molecular formula is C20H30N2O3. The maximum atomic E-state index is 12.3. The minimum absolute atomic E-state index is 0.0447. The van der Waals surface area contributed by atoms with E-state index in [-0.39, 0.29) is 18.6 Å². The van der Waals surface area contributed by atoms with Gasteiger partial charge in [-0.25, -0.2) is 4.79 Å². The van der Waals surface area contributed by atoms with Crippen molar-refractivity contribution in [3.63, 3.8) is 0 Å². The lowest BCUT2D eigenvalue weighted by Gasteiger charge is -2.31. The Kier molecular flexibility index (Phi) is 6.56. The third-order valence-corrected chi connectivity index (χ3v) is 5.26. The Morgan fingerprint density at radius 3 is 2.84 bits per heavy atom. The van der Waals surface area contributed by atoms with Crippen molar-refractivity contribution in [1.29, 1.82) is 0 Å². The molecule has 1 aromatic carbocycles. The van der Waals surface area contributed by atoms with Crippen molar-refractivity contribution in [3.05, 3.63) is 29.8 Å². The van der Waals surface area contributed by atoms with Crippen molar-refractivity contribution >= 4 is 6.03 Å². The topological polar surface area (TPSA) is 61.8 Å². The van der Waals surface area contributed by atoms with E-state index in [1.807, 2.05) is 29.2 Å². The van der Waals surface area contributed by atoms with Crippen molar-refractivity contribution in [3.8, 4) is 5.75 Å². The van der Waals surface area contributed by atoms with E-state index in [2.05, 4.69) is 5.32 Å². The van der Waals surface area contributed by atoms with Gasteiger partial charge >= 0.3 is 6.03 Å². The lowest BCUT2D eigenvalue weighted by atomic mass is 9.98. The van der Waals surface area contributed by atoms with E-state index >= 15 is 0 Å². The highest BCUT2D eigenvalue weighted by atomic mass is 16.5. The zero-order valence-corrected chi connectivity index (χ0v) is 15.0. The summed E-state index contributed by atoms with van der Waals surface area (Å²) in [4.78, 5) is 14.1. The van der Waals surface area contributed by atoms with Crippen molar-refractivity contribution in [2.24, 2.45) is 5.92 Å². The zero-order chi connectivity index (χ0) is 17.5. The smallest absolute Gasteiger partial charge is 0.317 e. The Morgan fingerprint density at radius 1 is 1.20 bits per heavy atom. The van der Waals surface area contributed by atoms with E-state index < -0.39 is 0 Å². The lowest BCUT2D eigenvalue weighted by Crippen LogP contribution is -2.45. The van der Waals surface area contributed by atoms with Gasteiger partial charge in [0.05, 0.1) is 6.10 Å². The second kappa shape index (κ2) is 9.09. The predicted octanol–water partition coefficient (Wildman–Crippen LogP) is 3.31. The molecule has 0 radical (unpaired) electrons. The van der Waals surface area contributed by atoms with Gasteiger partial charge in [-0.2, -0.15) is 0 Å². The number of benzene rings is 1. The normalized spacial score (nSPS) is 21.8. The Hall–Kier alpha value is -1.75. The quantitative estimate of drug-likeness (QED) is 0.860. The number of nitrogens with one attached hydrogen (secondary N) is 1. The van der Waals surface area contributed by atoms with E-state index in [1.165, 1.54) is 19.3 Å². The third kappa shape index (κ3) is 5.36. The molecule has 1 unspecified atom stereocenters. The molecule has 138 valence electrons. The molecule has 5 nitrogen and oxygen atoms in total. The summed E-state index contributed by atoms with van der Waals surface area (Å²) in [6.07, 6.45) is 8.41. The maximum absolute atomic E-state index is 12.3. The second-order valence-electron chi connectivity index (χ2n) is 7.32. The Balaban J connectivity index is 1.49. The summed E-state index contributed by atoms with van der Waals surface area (Å²) in [7, 11) is 0. The second-order valence-corrected chi connectivity index (χ2v) is 7.32. The van der Waals surface area contributed by atoms with Gasteiger partial charge in [-0.3, -0.25) is 0 Å². The van der Waals surface area contributed by atoms with Gasteiger partial charge in [-0.1, -0.05) is 18.6 Å². The van der Waals surface area contributed by atoms with Gasteiger partial charge in [0.25, 0.3) is 0 Å². The van der Waals surface area contributed by atoms with Crippen molar-refractivity contribution in [2.45, 2.75) is 57.6 Å². The molecule has 3 rings (SSSR count). The highest BCUT2D eigenvalue weighted by Crippen LogP contribution is 2.24. The molecule has 5 heteroatoms. The molecule has 25 heavy (non-hydrogen) atoms. The van der Waals surface area contributed by atoms with E-state index in [1.54, 1.807) is 0 Å². The van der Waals surface area contributed by atoms with E-state index in [4.69, 9.17) is 4.74 Å². The molecular weight excluding hydrogens is 316 g/mol. The molecule has 1 atom stereocenters. The monoisotopic (exact) mass is 346 g/mol. The van der Waals surface area contributed by atoms with Crippen LogP contribution in [0.15, 0.2) is 24.3 Å². The summed E-state index contributed by atoms with van der Waals surface area (Å²) in [6, 6.07) is 7.98. The lowest BCUT2D eigenvalue weighted by molar-refractivity contribution is 0.129. The van der Waals surface area contributed by atoms with Crippen LogP contribution in [0.25, 0.3) is 0 Å². The first kappa shape index (κ1) is 18.1. The molecule has 1 saturated heterocycles. The van der Waals surface area contributed by atoms with Crippen LogP contribution in [0.3, 0.4) is 0 Å². The number of rotatable bonds is 5. The summed E-state index contributed by atoms with van der Waals surface area (Å²) in [5.41, 5.74) is 1.05. The van der Waals surface area contributed by atoms with Gasteiger partial charge in [0.15, 0.2) is 0 Å². The van der Waals surface area contributed by atoms with Crippen molar-refractivity contribution < 1.29 is 14.6 Å². The first-order valence-electron chi connectivity index (χ1n) is 9.64. The summed E-state index contributed by atoms with van der Waals surface area (Å²) >= 11 is 0. The Morgan fingerprint density at radius 2 is 2.04 bits per heavy atom. The number of carbonyl (C=O) groups is 1. The van der Waals surface area contributed by atoms with Crippen LogP contribution in [-0.4, -0.2) is 41.8 Å². The number of hydrogen-bond donors (Lipinski definition) is 2. The molecule has 1 aliphatic heterocycles. The van der Waals surface area contributed by atoms with Gasteiger partial charge in [0.1, 0.15) is 5.75 Å². The van der Waals surface area contributed by atoms with Crippen LogP contribution in [0.4, 0.5) is 4.79 Å². The highest BCUT2D eigenvalue weighted by Gasteiger charge is 2.22. The SMILES string of the molecule is O=C(NCc1cccc(OC2CCCCC2)c1)N1CCCC(CO)C1. The molecule has 1 heterocycles. The van der Waals surface area contributed by atoms with Crippen molar-refractivity contribution in [1.82, 2.24) is 10.2 Å². The minimum atomic E-state index is -0.0447. The van der Waals surface area contributed by atoms with E-state index in [0.717, 1.165) is 43.5 Å². The summed E-state index contributed by atoms with van der Waals surface area (Å²) in [6.45, 7) is 2.08. The number of hydrogen-bond acceptors (Lipinski definition) is 3. The molecule has 2 amide bonds. The van der Waals surface area contributed by atoms with Gasteiger partial charge in [-0.15, -0.1) is 0 Å². The number of urea groups is 1. The molecule has 0 aromatic heterocycles. The van der Waals surface area contributed by atoms with Crippen LogP contribution >= 0.6 is 0 Å². The highest BCUT2D eigenvalue weighted by molar-refractivity contribution is 5.74. The zero-order valence-electron chi connectivity index (χ0n) is 15.0. The van der Waals surface area contributed by atoms with Gasteiger partial charge < -0.3 is 20.1 Å². The van der Waals surface area contributed by atoms with Gasteiger partial charge in [0.2, 0.25) is 0 Å². The van der Waals surface area contributed by atoms with Crippen LogP contribution in [-0.2, 0) is 6.54 Å². The van der Waals surface area contributed by atoms with E-state index in [0.29, 0.717) is 19.2 Å². The molecule has 1 aliphatic carbocycles. The number of ether oxygens (including phenoxy) is 1. The van der Waals surface area contributed by atoms with Gasteiger partial charge in [0, 0.05) is 26.2 Å². The Labute approximate surface area is 150 Å². The average Bonchev–Trinajstić information content (AvgIpc) is 2.67. The number of amides is 2. The minimum Gasteiger partial charge on any atom is -0.490 e. The largest absolute Gasteiger partial charge is 0.490 e. The number of aliphatic hydroxyl groups excluding tert-OH is 1. The fourth-order valence-electron chi connectivity index (χ4n) is 3.79. The van der Waals surface area contributed by atoms with E-state index in [9.17, 15) is 9.90 Å². The number of piperidine rings is 1. The first-order chi connectivity index (χ1) is 12.2. The molecule has 2 fully saturated rings. The third-order valence-electron chi connectivity index (χ3n) is 5.26. The summed E-state index contributed by atoms with van der Waals surface area (Å²) < 4.78 is 6.10. The molecule has 1 saturated carbocycles. The number of likely N-dealkylation sites (tertiary alicyclic amines) is 1. The summed E-state index contributed by atoms with van der Waals surface area (Å²) in [5, 5.41) is 12.3. The molecule has 2 N–H and O–H groups in total. The van der Waals surface area contributed by atoms with Crippen LogP contribution in [0.2, 0.25) is 0 Å².